The molecule has 10 nitrogen and oxygen atoms in total. The van der Waals surface area contributed by atoms with Crippen molar-refractivity contribution in [3.05, 3.63) is 54.2 Å². The Morgan fingerprint density at radius 1 is 1.15 bits per heavy atom. The highest BCUT2D eigenvalue weighted by Crippen LogP contribution is 2.24. The first-order chi connectivity index (χ1) is 18.2. The fraction of sp³-hybridized carbons (Fsp3) is 0.480. The van der Waals surface area contributed by atoms with Crippen LogP contribution in [0.2, 0.25) is 0 Å². The molecule has 1 aromatic carbocycles. The van der Waals surface area contributed by atoms with Crippen LogP contribution in [0.5, 0.6) is 0 Å². The van der Waals surface area contributed by atoms with Crippen molar-refractivity contribution in [2.45, 2.75) is 57.5 Å². The van der Waals surface area contributed by atoms with Crippen LogP contribution in [-0.4, -0.2) is 83.8 Å². The second-order valence-corrected chi connectivity index (χ2v) is 10.9. The van der Waals surface area contributed by atoms with E-state index in [1.54, 1.807) is 18.7 Å². The summed E-state index contributed by atoms with van der Waals surface area (Å²) >= 11 is 0. The van der Waals surface area contributed by atoms with Gasteiger partial charge in [0, 0.05) is 30.3 Å². The molecular weight excluding hydrogens is 543 g/mol. The van der Waals surface area contributed by atoms with E-state index in [0.29, 0.717) is 25.8 Å². The number of ether oxygens (including phenoxy) is 1. The number of hydrogen-bond acceptors (Lipinski definition) is 7. The number of rotatable bonds is 8. The fourth-order valence-electron chi connectivity index (χ4n) is 3.93. The predicted molar refractivity (Wildman–Crippen MR) is 136 cm³/mol. The summed E-state index contributed by atoms with van der Waals surface area (Å²) in [5.74, 6) is -3.14. The third-order valence-electron chi connectivity index (χ3n) is 5.58. The number of halogens is 3. The Morgan fingerprint density at radius 2 is 1.79 bits per heavy atom. The molecule has 39 heavy (non-hydrogen) atoms. The van der Waals surface area contributed by atoms with E-state index in [4.69, 9.17) is 24.7 Å². The predicted octanol–water partition coefficient (Wildman–Crippen LogP) is 3.21. The molecule has 1 aliphatic rings. The third-order valence-corrected chi connectivity index (χ3v) is 6.96. The van der Waals surface area contributed by atoms with Crippen molar-refractivity contribution >= 4 is 22.1 Å². The first-order valence-electron chi connectivity index (χ1n) is 12.1. The molecule has 1 fully saturated rings. The van der Waals surface area contributed by atoms with Crippen LogP contribution in [0.4, 0.5) is 18.0 Å². The SMILES string of the molecule is CC(C)OC(=O)N1CCC[C@@H](NS(=O)(=O)CCO)[C@H]1Cc1cccc(-c2ccccc2)n1.O=C(O)C(F)(F)F. The lowest BCUT2D eigenvalue weighted by Crippen LogP contribution is -2.58. The first kappa shape index (κ1) is 32.0. The number of carbonyl (C=O) groups excluding carboxylic acids is 1. The highest BCUT2D eigenvalue weighted by molar-refractivity contribution is 7.89. The molecule has 3 N–H and O–H groups in total. The number of aromatic nitrogens is 1. The Labute approximate surface area is 224 Å². The number of aliphatic hydroxyl groups is 1. The lowest BCUT2D eigenvalue weighted by Gasteiger charge is -2.41. The van der Waals surface area contributed by atoms with Gasteiger partial charge in [0.15, 0.2) is 0 Å². The summed E-state index contributed by atoms with van der Waals surface area (Å²) in [6.07, 6.45) is -4.23. The molecule has 0 spiro atoms. The van der Waals surface area contributed by atoms with Crippen LogP contribution >= 0.6 is 0 Å². The number of nitrogens with one attached hydrogen (secondary N) is 1. The van der Waals surface area contributed by atoms with Crippen molar-refractivity contribution < 1.29 is 46.1 Å². The molecule has 2 atom stereocenters. The number of pyridine rings is 1. The Hall–Kier alpha value is -3.23. The van der Waals surface area contributed by atoms with Gasteiger partial charge in [-0.25, -0.2) is 22.7 Å². The topological polar surface area (TPSA) is 146 Å². The Morgan fingerprint density at radius 3 is 2.36 bits per heavy atom. The third kappa shape index (κ3) is 10.5. The molecule has 1 aliphatic heterocycles. The van der Waals surface area contributed by atoms with Gasteiger partial charge in [-0.1, -0.05) is 36.4 Å². The molecule has 1 aromatic heterocycles. The van der Waals surface area contributed by atoms with Crippen molar-refractivity contribution in [2.75, 3.05) is 18.9 Å². The summed E-state index contributed by atoms with van der Waals surface area (Å²) in [6, 6.07) is 14.5. The number of likely N-dealkylation sites (tertiary alicyclic amines) is 1. The molecule has 0 unspecified atom stereocenters. The summed E-state index contributed by atoms with van der Waals surface area (Å²) in [6.45, 7) is 3.58. The number of aliphatic carboxylic acids is 1. The van der Waals surface area contributed by atoms with Crippen LogP contribution in [0.1, 0.15) is 32.4 Å². The first-order valence-corrected chi connectivity index (χ1v) is 13.8. The van der Waals surface area contributed by atoms with Crippen molar-refractivity contribution in [3.63, 3.8) is 0 Å². The summed E-state index contributed by atoms with van der Waals surface area (Å²) in [7, 11) is -3.68. The maximum Gasteiger partial charge on any atom is 0.490 e. The average Bonchev–Trinajstić information content (AvgIpc) is 2.85. The van der Waals surface area contributed by atoms with Gasteiger partial charge in [-0.15, -0.1) is 0 Å². The number of benzene rings is 1. The molecule has 3 rings (SSSR count). The standard InChI is InChI=1S/C23H31N3O5S.C2HF3O2/c1-17(2)31-23(28)26-13-7-12-21(25-32(29,30)15-14-27)22(26)16-19-10-6-11-20(24-19)18-8-4-3-5-9-18;3-2(4,5)1(6)7/h3-6,8-11,17,21-22,25,27H,7,12-16H2,1-2H3;(H,6,7)/t21-,22-;/m1./s1. The molecule has 216 valence electrons. The maximum absolute atomic E-state index is 12.8. The van der Waals surface area contributed by atoms with E-state index in [1.165, 1.54) is 0 Å². The minimum absolute atomic E-state index is 0.283. The highest BCUT2D eigenvalue weighted by atomic mass is 32.2. The van der Waals surface area contributed by atoms with E-state index >= 15 is 0 Å². The molecule has 0 radical (unpaired) electrons. The van der Waals surface area contributed by atoms with E-state index in [0.717, 1.165) is 17.0 Å². The number of carboxylic acids is 1. The number of piperidine rings is 1. The Kier molecular flexibility index (Phi) is 11.7. The van der Waals surface area contributed by atoms with Gasteiger partial charge in [0.2, 0.25) is 10.0 Å². The van der Waals surface area contributed by atoms with Gasteiger partial charge in [-0.05, 0) is 38.8 Å². The lowest BCUT2D eigenvalue weighted by atomic mass is 9.93. The fourth-order valence-corrected chi connectivity index (χ4v) is 5.02. The van der Waals surface area contributed by atoms with Crippen molar-refractivity contribution in [3.8, 4) is 11.3 Å². The van der Waals surface area contributed by atoms with Crippen LogP contribution in [0.3, 0.4) is 0 Å². The second-order valence-electron chi connectivity index (χ2n) is 8.99. The van der Waals surface area contributed by atoms with Crippen molar-refractivity contribution in [1.82, 2.24) is 14.6 Å². The van der Waals surface area contributed by atoms with E-state index in [2.05, 4.69) is 4.72 Å². The van der Waals surface area contributed by atoms with Gasteiger partial charge in [-0.2, -0.15) is 13.2 Å². The van der Waals surface area contributed by atoms with E-state index in [9.17, 15) is 26.4 Å². The lowest BCUT2D eigenvalue weighted by molar-refractivity contribution is -0.192. The second kappa shape index (κ2) is 14.2. The van der Waals surface area contributed by atoms with Gasteiger partial charge < -0.3 is 19.8 Å². The number of aliphatic hydroxyl groups excluding tert-OH is 1. The summed E-state index contributed by atoms with van der Waals surface area (Å²) < 4.78 is 64.6. The molecule has 2 heterocycles. The zero-order valence-electron chi connectivity index (χ0n) is 21.5. The number of hydrogen-bond donors (Lipinski definition) is 3. The number of alkyl halides is 3. The van der Waals surface area contributed by atoms with Gasteiger partial charge in [-0.3, -0.25) is 4.98 Å². The molecule has 1 saturated heterocycles. The van der Waals surface area contributed by atoms with Gasteiger partial charge in [0.1, 0.15) is 0 Å². The number of nitrogens with zero attached hydrogens (tertiary/aromatic N) is 2. The van der Waals surface area contributed by atoms with Crippen LogP contribution in [0, 0.1) is 0 Å². The normalized spacial score (nSPS) is 17.8. The molecule has 0 saturated carbocycles. The minimum atomic E-state index is -5.08. The zero-order valence-corrected chi connectivity index (χ0v) is 22.3. The summed E-state index contributed by atoms with van der Waals surface area (Å²) in [4.78, 5) is 28.1. The Balaban J connectivity index is 0.000000673. The van der Waals surface area contributed by atoms with Crippen molar-refractivity contribution in [2.24, 2.45) is 0 Å². The Bertz CT molecular complexity index is 1190. The quantitative estimate of drug-likeness (QED) is 0.435. The van der Waals surface area contributed by atoms with Crippen LogP contribution in [0.15, 0.2) is 48.5 Å². The molecule has 0 bridgehead atoms. The van der Waals surface area contributed by atoms with E-state index in [1.807, 2.05) is 48.5 Å². The smallest absolute Gasteiger partial charge is 0.475 e. The molecule has 2 aromatic rings. The van der Waals surface area contributed by atoms with Gasteiger partial charge in [0.25, 0.3) is 0 Å². The number of carboxylic acid groups (broad SMARTS) is 1. The molecule has 14 heteroatoms. The monoisotopic (exact) mass is 575 g/mol. The number of sulfonamides is 1. The summed E-state index contributed by atoms with van der Waals surface area (Å²) in [5.41, 5.74) is 2.55. The van der Waals surface area contributed by atoms with Gasteiger partial charge >= 0.3 is 18.2 Å². The van der Waals surface area contributed by atoms with Crippen LogP contribution in [0.25, 0.3) is 11.3 Å². The van der Waals surface area contributed by atoms with Crippen molar-refractivity contribution in [1.29, 1.82) is 0 Å². The zero-order chi connectivity index (χ0) is 29.2. The molecule has 0 aliphatic carbocycles. The van der Waals surface area contributed by atoms with Crippen LogP contribution in [-0.2, 0) is 26.0 Å². The van der Waals surface area contributed by atoms with E-state index < -0.39 is 47.0 Å². The average molecular weight is 576 g/mol. The summed E-state index contributed by atoms with van der Waals surface area (Å²) in [5, 5.41) is 16.2. The van der Waals surface area contributed by atoms with E-state index in [-0.39, 0.29) is 11.9 Å². The molecular formula is C25H32F3N3O7S. The van der Waals surface area contributed by atoms with Gasteiger partial charge in [0.05, 0.1) is 30.2 Å². The number of carbonyl (C=O) groups is 2. The molecule has 1 amide bonds. The largest absolute Gasteiger partial charge is 0.490 e. The maximum atomic E-state index is 12.8. The minimum Gasteiger partial charge on any atom is -0.475 e. The highest BCUT2D eigenvalue weighted by Gasteiger charge is 2.39. The van der Waals surface area contributed by atoms with Crippen LogP contribution < -0.4 is 4.72 Å². The number of amides is 1.